The number of aryl methyl sites for hydroxylation is 1. The topological polar surface area (TPSA) is 102 Å². The highest BCUT2D eigenvalue weighted by atomic mass is 32.2. The molecule has 2 atom stereocenters. The molecule has 2 aliphatic rings. The van der Waals surface area contributed by atoms with Gasteiger partial charge in [0.05, 0.1) is 20.9 Å². The molecule has 2 aromatic heterocycles. The second-order valence-corrected chi connectivity index (χ2v) is 11.5. The van der Waals surface area contributed by atoms with Crippen molar-refractivity contribution in [3.05, 3.63) is 42.4 Å². The van der Waals surface area contributed by atoms with Crippen LogP contribution in [0.4, 0.5) is 17.2 Å². The predicted octanol–water partition coefficient (Wildman–Crippen LogP) is 3.68. The van der Waals surface area contributed by atoms with Crippen LogP contribution >= 0.6 is 0 Å². The lowest BCUT2D eigenvalue weighted by atomic mass is 10.1. The molecule has 2 fully saturated rings. The molecule has 2 saturated heterocycles. The largest absolute Gasteiger partial charge is 0.469 e. The molecular formula is C24H30N6O3S. The van der Waals surface area contributed by atoms with Gasteiger partial charge in [0.15, 0.2) is 0 Å². The van der Waals surface area contributed by atoms with Crippen LogP contribution in [-0.2, 0) is 14.5 Å². The third kappa shape index (κ3) is 4.70. The zero-order chi connectivity index (χ0) is 23.7. The van der Waals surface area contributed by atoms with Crippen molar-refractivity contribution in [3.63, 3.8) is 0 Å². The summed E-state index contributed by atoms with van der Waals surface area (Å²) in [7, 11) is 1.60. The number of ether oxygens (including phenoxy) is 2. The molecule has 34 heavy (non-hydrogen) atoms. The molecule has 4 heterocycles. The maximum atomic E-state index is 12.9. The monoisotopic (exact) mass is 482 g/mol. The van der Waals surface area contributed by atoms with Crippen molar-refractivity contribution in [3.8, 4) is 5.88 Å². The van der Waals surface area contributed by atoms with Gasteiger partial charge in [-0.2, -0.15) is 4.36 Å². The molecule has 0 saturated carbocycles. The second kappa shape index (κ2) is 9.44. The number of hydrogen-bond acceptors (Lipinski definition) is 9. The number of nitrogens with one attached hydrogen (secondary N) is 1. The third-order valence-electron chi connectivity index (χ3n) is 6.36. The summed E-state index contributed by atoms with van der Waals surface area (Å²) in [6.07, 6.45) is 5.05. The molecule has 0 spiro atoms. The molecule has 0 aliphatic carbocycles. The Bertz CT molecular complexity index is 1310. The molecule has 0 radical (unpaired) electrons. The fourth-order valence-electron chi connectivity index (χ4n) is 4.68. The fourth-order valence-corrected chi connectivity index (χ4v) is 6.86. The van der Waals surface area contributed by atoms with Gasteiger partial charge in [0, 0.05) is 43.3 Å². The Kier molecular flexibility index (Phi) is 6.37. The minimum absolute atomic E-state index is 0.0181. The number of fused-ring (bicyclic) bond motifs is 1. The summed E-state index contributed by atoms with van der Waals surface area (Å²) in [5.41, 5.74) is 3.14. The van der Waals surface area contributed by atoms with E-state index in [1.165, 1.54) is 6.33 Å². The highest BCUT2D eigenvalue weighted by Crippen LogP contribution is 2.33. The van der Waals surface area contributed by atoms with Crippen LogP contribution in [0.2, 0.25) is 0 Å². The van der Waals surface area contributed by atoms with Crippen molar-refractivity contribution in [2.75, 3.05) is 44.1 Å². The zero-order valence-electron chi connectivity index (χ0n) is 19.7. The Hall–Kier alpha value is -2.82. The van der Waals surface area contributed by atoms with Crippen molar-refractivity contribution in [2.24, 2.45) is 4.36 Å². The molecule has 1 aromatic carbocycles. The lowest BCUT2D eigenvalue weighted by Gasteiger charge is -2.20. The van der Waals surface area contributed by atoms with Gasteiger partial charge in [-0.15, -0.1) is 0 Å². The smallest absolute Gasteiger partial charge is 0.238 e. The van der Waals surface area contributed by atoms with Crippen LogP contribution in [0.1, 0.15) is 18.4 Å². The first-order valence-electron chi connectivity index (χ1n) is 11.5. The lowest BCUT2D eigenvalue weighted by molar-refractivity contribution is 0.0325. The van der Waals surface area contributed by atoms with Crippen LogP contribution in [-0.4, -0.2) is 75.0 Å². The lowest BCUT2D eigenvalue weighted by Crippen LogP contribution is -2.32. The first-order chi connectivity index (χ1) is 16.4. The van der Waals surface area contributed by atoms with Crippen molar-refractivity contribution in [1.29, 1.82) is 0 Å². The number of rotatable bonds is 6. The summed E-state index contributed by atoms with van der Waals surface area (Å²) in [5, 5.41) is 4.28. The maximum absolute atomic E-state index is 12.9. The van der Waals surface area contributed by atoms with Gasteiger partial charge in [-0.05, 0) is 56.6 Å². The quantitative estimate of drug-likeness (QED) is 0.568. The first kappa shape index (κ1) is 22.9. The van der Waals surface area contributed by atoms with Gasteiger partial charge in [-0.25, -0.2) is 19.2 Å². The van der Waals surface area contributed by atoms with E-state index in [1.54, 1.807) is 13.3 Å². The summed E-state index contributed by atoms with van der Waals surface area (Å²) < 4.78 is 29.4. The fraction of sp³-hybridized carbons (Fsp3) is 0.458. The number of benzene rings is 1. The maximum Gasteiger partial charge on any atom is 0.238 e. The minimum Gasteiger partial charge on any atom is -0.469 e. The van der Waals surface area contributed by atoms with Gasteiger partial charge >= 0.3 is 0 Å². The summed E-state index contributed by atoms with van der Waals surface area (Å²) in [6, 6.07) is 7.62. The summed E-state index contributed by atoms with van der Waals surface area (Å²) >= 11 is 0. The Labute approximate surface area is 200 Å². The standard InChI is InChI=1S/C24H30N6O3S/c1-16-11-17(29-34(31)9-4-5-10-34)12-19-22(16)23(27-15-26-19)28-18-7-6-8-25-24(18)33-21-14-30(2)13-20(21)32-3/h6-8,11-12,15,20-21H,4-5,9-10,13-14H2,1-3H3,(H,26,27,28)/t20?,21-/m1/s1. The van der Waals surface area contributed by atoms with E-state index in [0.29, 0.717) is 34.6 Å². The van der Waals surface area contributed by atoms with Gasteiger partial charge in [-0.3, -0.25) is 4.90 Å². The number of aromatic nitrogens is 3. The van der Waals surface area contributed by atoms with Crippen LogP contribution < -0.4 is 10.1 Å². The van der Waals surface area contributed by atoms with Gasteiger partial charge in [-0.1, -0.05) is 0 Å². The van der Waals surface area contributed by atoms with Gasteiger partial charge in [0.2, 0.25) is 5.88 Å². The Morgan fingerprint density at radius 3 is 2.74 bits per heavy atom. The van der Waals surface area contributed by atoms with Gasteiger partial charge in [0.1, 0.15) is 30.0 Å². The van der Waals surface area contributed by atoms with Crippen LogP contribution in [0.5, 0.6) is 5.88 Å². The van der Waals surface area contributed by atoms with E-state index in [4.69, 9.17) is 9.47 Å². The molecule has 0 bridgehead atoms. The molecule has 2 aliphatic heterocycles. The third-order valence-corrected chi connectivity index (χ3v) is 8.75. The average Bonchev–Trinajstić information content (AvgIpc) is 3.39. The van der Waals surface area contributed by atoms with E-state index in [0.717, 1.165) is 42.4 Å². The van der Waals surface area contributed by atoms with E-state index in [-0.39, 0.29) is 12.2 Å². The van der Waals surface area contributed by atoms with E-state index in [1.807, 2.05) is 38.2 Å². The number of anilines is 2. The molecule has 10 heteroatoms. The summed E-state index contributed by atoms with van der Waals surface area (Å²) in [4.78, 5) is 15.6. The van der Waals surface area contributed by atoms with E-state index >= 15 is 0 Å². The van der Waals surface area contributed by atoms with Crippen LogP contribution in [0.3, 0.4) is 0 Å². The van der Waals surface area contributed by atoms with E-state index < -0.39 is 9.73 Å². The molecule has 180 valence electrons. The molecule has 3 aromatic rings. The molecular weight excluding hydrogens is 452 g/mol. The van der Waals surface area contributed by atoms with Gasteiger partial charge in [0.25, 0.3) is 0 Å². The molecule has 5 rings (SSSR count). The normalized spacial score (nSPS) is 22.2. The van der Waals surface area contributed by atoms with E-state index in [2.05, 4.69) is 29.5 Å². The molecule has 1 unspecified atom stereocenters. The highest BCUT2D eigenvalue weighted by Gasteiger charge is 2.33. The first-order valence-corrected chi connectivity index (χ1v) is 13.4. The number of pyridine rings is 1. The Morgan fingerprint density at radius 2 is 1.94 bits per heavy atom. The van der Waals surface area contributed by atoms with Crippen molar-refractivity contribution >= 4 is 37.8 Å². The van der Waals surface area contributed by atoms with E-state index in [9.17, 15) is 4.21 Å². The predicted molar refractivity (Wildman–Crippen MR) is 134 cm³/mol. The highest BCUT2D eigenvalue weighted by molar-refractivity contribution is 7.93. The van der Waals surface area contributed by atoms with Crippen molar-refractivity contribution in [1.82, 2.24) is 19.9 Å². The summed E-state index contributed by atoms with van der Waals surface area (Å²) in [6.45, 7) is 3.57. The number of nitrogens with zero attached hydrogens (tertiary/aromatic N) is 5. The van der Waals surface area contributed by atoms with Crippen LogP contribution in [0, 0.1) is 6.92 Å². The summed E-state index contributed by atoms with van der Waals surface area (Å²) in [5.74, 6) is 2.50. The van der Waals surface area contributed by atoms with Crippen molar-refractivity contribution in [2.45, 2.75) is 32.0 Å². The molecule has 1 N–H and O–H groups in total. The van der Waals surface area contributed by atoms with Gasteiger partial charge < -0.3 is 14.8 Å². The van der Waals surface area contributed by atoms with Crippen LogP contribution in [0.25, 0.3) is 10.9 Å². The SMILES string of the molecule is COC1CN(C)C[C@H]1Oc1ncccc1Nc1ncnc2cc(N=S3(=O)CCCC3)cc(C)c12. The average molecular weight is 483 g/mol. The Balaban J connectivity index is 1.46. The number of likely N-dealkylation sites (tertiary alicyclic amines) is 1. The number of hydrogen-bond donors (Lipinski definition) is 1. The number of likely N-dealkylation sites (N-methyl/N-ethyl adjacent to an activating group) is 1. The molecule has 0 amide bonds. The zero-order valence-corrected chi connectivity index (χ0v) is 20.5. The van der Waals surface area contributed by atoms with Crippen LogP contribution in [0.15, 0.2) is 41.2 Å². The molecule has 9 nitrogen and oxygen atoms in total. The Morgan fingerprint density at radius 1 is 1.15 bits per heavy atom. The van der Waals surface area contributed by atoms with Crippen molar-refractivity contribution < 1.29 is 13.7 Å². The second-order valence-electron chi connectivity index (χ2n) is 8.99. The number of methoxy groups -OCH3 is 1. The minimum atomic E-state index is -2.15.